The van der Waals surface area contributed by atoms with Crippen LogP contribution in [0.3, 0.4) is 0 Å². The second-order valence-electron chi connectivity index (χ2n) is 5.69. The summed E-state index contributed by atoms with van der Waals surface area (Å²) in [6.45, 7) is 1.60. The fourth-order valence-corrected chi connectivity index (χ4v) is 3.25. The van der Waals surface area contributed by atoms with Crippen molar-refractivity contribution in [2.24, 2.45) is 5.73 Å². The number of rotatable bonds is 6. The molecule has 2 fully saturated rings. The van der Waals surface area contributed by atoms with E-state index in [1.165, 1.54) is 0 Å². The fraction of sp³-hybridized carbons (Fsp3) is 0.833. The van der Waals surface area contributed by atoms with Crippen LogP contribution < -0.4 is 11.2 Å². The van der Waals surface area contributed by atoms with Gasteiger partial charge in [0.05, 0.1) is 6.54 Å². The Labute approximate surface area is 139 Å². The Bertz CT molecular complexity index is 584. The lowest BCUT2D eigenvalue weighted by Crippen LogP contribution is -2.59. The standard InChI is InChI=1S/C12H22N4O7S/c1-2-15-9(6-7-16(12(15)18)23-24(19,20)21)11(17)14-22-10-5-3-4-8(10)13/h8-10H,2-7,13H2,1H3,(H,14,17)(H,19,20,21)/t8?,9-,10?/m0/s1. The average Bonchev–Trinajstić information content (AvgIpc) is 2.90. The molecule has 2 aliphatic rings. The molecule has 11 nitrogen and oxygen atoms in total. The lowest BCUT2D eigenvalue weighted by molar-refractivity contribution is -0.147. The van der Waals surface area contributed by atoms with Gasteiger partial charge in [0.15, 0.2) is 0 Å². The van der Waals surface area contributed by atoms with E-state index in [-0.39, 0.29) is 31.7 Å². The molecule has 1 aliphatic carbocycles. The summed E-state index contributed by atoms with van der Waals surface area (Å²) in [4.78, 5) is 30.9. The van der Waals surface area contributed by atoms with Gasteiger partial charge in [-0.2, -0.15) is 13.5 Å². The Kier molecular flexibility index (Phi) is 5.98. The molecular weight excluding hydrogens is 344 g/mol. The number of nitrogens with zero attached hydrogens (tertiary/aromatic N) is 2. The van der Waals surface area contributed by atoms with Crippen LogP contribution in [0.5, 0.6) is 0 Å². The third-order valence-corrected chi connectivity index (χ3v) is 4.45. The molecule has 12 heteroatoms. The van der Waals surface area contributed by atoms with Gasteiger partial charge in [0, 0.05) is 12.6 Å². The van der Waals surface area contributed by atoms with Crippen molar-refractivity contribution in [3.8, 4) is 0 Å². The van der Waals surface area contributed by atoms with Crippen LogP contribution in [0.1, 0.15) is 32.6 Å². The second kappa shape index (κ2) is 7.61. The topological polar surface area (TPSA) is 152 Å². The fourth-order valence-electron chi connectivity index (χ4n) is 2.88. The highest BCUT2D eigenvalue weighted by molar-refractivity contribution is 7.80. The highest BCUT2D eigenvalue weighted by Crippen LogP contribution is 2.21. The zero-order chi connectivity index (χ0) is 17.9. The lowest BCUT2D eigenvalue weighted by Gasteiger charge is -2.38. The van der Waals surface area contributed by atoms with Crippen molar-refractivity contribution >= 4 is 22.3 Å². The molecule has 4 N–H and O–H groups in total. The summed E-state index contributed by atoms with van der Waals surface area (Å²) in [6.07, 6.45) is 2.35. The molecule has 0 aromatic rings. The van der Waals surface area contributed by atoms with Gasteiger partial charge in [-0.1, -0.05) is 0 Å². The molecule has 3 amide bonds. The summed E-state index contributed by atoms with van der Waals surface area (Å²) < 4.78 is 34.4. The van der Waals surface area contributed by atoms with Crippen LogP contribution >= 0.6 is 0 Å². The van der Waals surface area contributed by atoms with Crippen LogP contribution in [-0.4, -0.2) is 66.1 Å². The van der Waals surface area contributed by atoms with Gasteiger partial charge in [0.1, 0.15) is 12.1 Å². The predicted molar refractivity (Wildman–Crippen MR) is 80.4 cm³/mol. The van der Waals surface area contributed by atoms with Crippen molar-refractivity contribution < 1.29 is 31.7 Å². The molecule has 138 valence electrons. The number of hydrogen-bond acceptors (Lipinski definition) is 7. The number of amides is 3. The Morgan fingerprint density at radius 1 is 1.42 bits per heavy atom. The number of urea groups is 1. The van der Waals surface area contributed by atoms with Crippen molar-refractivity contribution in [1.29, 1.82) is 0 Å². The van der Waals surface area contributed by atoms with Crippen molar-refractivity contribution in [1.82, 2.24) is 15.4 Å². The molecule has 24 heavy (non-hydrogen) atoms. The SMILES string of the molecule is CCN1C(=O)N(OS(=O)(=O)O)CC[C@H]1C(=O)NOC1CCCC1N. The minimum Gasteiger partial charge on any atom is -0.325 e. The van der Waals surface area contributed by atoms with Gasteiger partial charge in [-0.25, -0.2) is 10.3 Å². The summed E-state index contributed by atoms with van der Waals surface area (Å²) in [6, 6.07) is -1.81. The highest BCUT2D eigenvalue weighted by atomic mass is 32.3. The van der Waals surface area contributed by atoms with Gasteiger partial charge in [0.2, 0.25) is 0 Å². The Morgan fingerprint density at radius 3 is 2.67 bits per heavy atom. The van der Waals surface area contributed by atoms with Crippen LogP contribution in [0.4, 0.5) is 4.79 Å². The van der Waals surface area contributed by atoms with Crippen LogP contribution in [0, 0.1) is 0 Å². The molecule has 0 spiro atoms. The van der Waals surface area contributed by atoms with E-state index in [0.29, 0.717) is 5.06 Å². The van der Waals surface area contributed by atoms with E-state index in [4.69, 9.17) is 15.1 Å². The number of nitrogens with one attached hydrogen (secondary N) is 1. The summed E-state index contributed by atoms with van der Waals surface area (Å²) in [7, 11) is -4.81. The quantitative estimate of drug-likeness (QED) is 0.407. The van der Waals surface area contributed by atoms with E-state index in [2.05, 4.69) is 9.76 Å². The molecule has 1 saturated carbocycles. The van der Waals surface area contributed by atoms with E-state index in [0.717, 1.165) is 24.2 Å². The first-order chi connectivity index (χ1) is 11.2. The normalized spacial score (nSPS) is 28.3. The summed E-state index contributed by atoms with van der Waals surface area (Å²) in [5, 5.41) is 0.496. The largest absolute Gasteiger partial charge is 0.418 e. The van der Waals surface area contributed by atoms with Gasteiger partial charge in [-0.3, -0.25) is 14.2 Å². The Balaban J connectivity index is 1.95. The molecule has 0 radical (unpaired) electrons. The van der Waals surface area contributed by atoms with Gasteiger partial charge in [-0.05, 0) is 32.6 Å². The summed E-state index contributed by atoms with van der Waals surface area (Å²) in [5.41, 5.74) is 8.18. The monoisotopic (exact) mass is 366 g/mol. The maximum Gasteiger partial charge on any atom is 0.418 e. The first-order valence-electron chi connectivity index (χ1n) is 7.69. The lowest BCUT2D eigenvalue weighted by atomic mass is 10.1. The number of nitrogens with two attached hydrogens (primary N) is 1. The molecule has 1 saturated heterocycles. The number of hydrogen-bond donors (Lipinski definition) is 3. The number of likely N-dealkylation sites (N-methyl/N-ethyl adjacent to an activating group) is 1. The molecule has 0 aromatic heterocycles. The first-order valence-corrected chi connectivity index (χ1v) is 9.05. The van der Waals surface area contributed by atoms with Crippen LogP contribution in [0.25, 0.3) is 0 Å². The highest BCUT2D eigenvalue weighted by Gasteiger charge is 2.39. The van der Waals surface area contributed by atoms with E-state index in [1.54, 1.807) is 6.92 Å². The third kappa shape index (κ3) is 4.54. The zero-order valence-electron chi connectivity index (χ0n) is 13.3. The number of carbonyl (C=O) groups excluding carboxylic acids is 2. The van der Waals surface area contributed by atoms with E-state index < -0.39 is 28.4 Å². The van der Waals surface area contributed by atoms with Crippen molar-refractivity contribution in [2.75, 3.05) is 13.1 Å². The molecule has 0 bridgehead atoms. The van der Waals surface area contributed by atoms with Crippen LogP contribution in [0.15, 0.2) is 0 Å². The molecule has 0 aromatic carbocycles. The maximum atomic E-state index is 12.3. The van der Waals surface area contributed by atoms with Gasteiger partial charge < -0.3 is 10.6 Å². The average molecular weight is 366 g/mol. The molecule has 2 unspecified atom stereocenters. The summed E-state index contributed by atoms with van der Waals surface area (Å²) in [5.74, 6) is -0.518. The third-order valence-electron chi connectivity index (χ3n) is 4.08. The minimum atomic E-state index is -4.81. The van der Waals surface area contributed by atoms with E-state index in [1.807, 2.05) is 0 Å². The van der Waals surface area contributed by atoms with Gasteiger partial charge >= 0.3 is 16.4 Å². The van der Waals surface area contributed by atoms with Crippen molar-refractivity contribution in [3.05, 3.63) is 0 Å². The molecular formula is C12H22N4O7S. The van der Waals surface area contributed by atoms with Crippen LogP contribution in [-0.2, 0) is 24.3 Å². The maximum absolute atomic E-state index is 12.3. The molecule has 1 aliphatic heterocycles. The molecule has 1 heterocycles. The van der Waals surface area contributed by atoms with Crippen LogP contribution in [0.2, 0.25) is 0 Å². The van der Waals surface area contributed by atoms with Gasteiger partial charge in [-0.15, -0.1) is 4.28 Å². The van der Waals surface area contributed by atoms with Crippen molar-refractivity contribution in [2.45, 2.75) is 50.8 Å². The first kappa shape index (κ1) is 18.9. The van der Waals surface area contributed by atoms with E-state index in [9.17, 15) is 18.0 Å². The molecule has 3 atom stereocenters. The van der Waals surface area contributed by atoms with E-state index >= 15 is 0 Å². The zero-order valence-corrected chi connectivity index (χ0v) is 14.1. The minimum absolute atomic E-state index is 0.112. The second-order valence-corrected chi connectivity index (χ2v) is 6.70. The number of carbonyl (C=O) groups is 2. The molecule has 2 rings (SSSR count). The smallest absolute Gasteiger partial charge is 0.325 e. The Hall–Kier alpha value is -1.47. The summed E-state index contributed by atoms with van der Waals surface area (Å²) >= 11 is 0. The van der Waals surface area contributed by atoms with Gasteiger partial charge in [0.25, 0.3) is 5.91 Å². The predicted octanol–water partition coefficient (Wildman–Crippen LogP) is -0.835. The Morgan fingerprint density at radius 2 is 2.12 bits per heavy atom. The number of hydroxylamine groups is 3. The van der Waals surface area contributed by atoms with Crippen molar-refractivity contribution in [3.63, 3.8) is 0 Å².